The van der Waals surface area contributed by atoms with Gasteiger partial charge in [-0.2, -0.15) is 0 Å². The zero-order valence-corrected chi connectivity index (χ0v) is 47.2. The summed E-state index contributed by atoms with van der Waals surface area (Å²) >= 11 is 0. The lowest BCUT2D eigenvalue weighted by Gasteiger charge is -2.18. The van der Waals surface area contributed by atoms with Gasteiger partial charge in [-0.15, -0.1) is 0 Å². The Bertz CT molecular complexity index is 1280. The van der Waals surface area contributed by atoms with E-state index in [4.69, 9.17) is 14.2 Å². The molecule has 0 heterocycles. The number of hydrogen-bond donors (Lipinski definition) is 0. The zero-order chi connectivity index (χ0) is 51.4. The number of carbonyl (C=O) groups is 3. The maximum absolute atomic E-state index is 12.9. The molecule has 0 saturated carbocycles. The number of rotatable bonds is 56. The summed E-state index contributed by atoms with van der Waals surface area (Å²) < 4.78 is 16.9. The van der Waals surface area contributed by atoms with Gasteiger partial charge in [0.1, 0.15) is 13.2 Å². The normalized spacial score (nSPS) is 12.4. The van der Waals surface area contributed by atoms with Gasteiger partial charge in [0, 0.05) is 19.3 Å². The molecule has 0 aromatic heterocycles. The van der Waals surface area contributed by atoms with E-state index in [1.807, 2.05) is 0 Å². The molecule has 0 fully saturated rings. The van der Waals surface area contributed by atoms with Gasteiger partial charge in [-0.25, -0.2) is 0 Å². The summed E-state index contributed by atoms with van der Waals surface area (Å²) in [6.45, 7) is 6.55. The van der Waals surface area contributed by atoms with Crippen LogP contribution in [0.4, 0.5) is 0 Å². The van der Waals surface area contributed by atoms with E-state index in [2.05, 4.69) is 81.5 Å². The van der Waals surface area contributed by atoms with Crippen LogP contribution >= 0.6 is 0 Å². The van der Waals surface area contributed by atoms with Gasteiger partial charge >= 0.3 is 17.9 Å². The average molecular weight is 994 g/mol. The summed E-state index contributed by atoms with van der Waals surface area (Å²) in [5.74, 6) is -0.879. The van der Waals surface area contributed by atoms with E-state index in [1.165, 1.54) is 167 Å². The molecule has 0 amide bonds. The quantitative estimate of drug-likeness (QED) is 0.0261. The van der Waals surface area contributed by atoms with Crippen molar-refractivity contribution in [2.75, 3.05) is 13.2 Å². The van der Waals surface area contributed by atoms with Crippen molar-refractivity contribution in [1.29, 1.82) is 0 Å². The number of esters is 3. The maximum Gasteiger partial charge on any atom is 0.306 e. The van der Waals surface area contributed by atoms with Crippen LogP contribution in [0.1, 0.15) is 316 Å². The molecule has 71 heavy (non-hydrogen) atoms. The lowest BCUT2D eigenvalue weighted by Crippen LogP contribution is -2.30. The Kier molecular flexibility index (Phi) is 57.2. The molecular formula is C65H116O6. The second kappa shape index (κ2) is 59.7. The molecule has 412 valence electrons. The minimum Gasteiger partial charge on any atom is -0.462 e. The van der Waals surface area contributed by atoms with Gasteiger partial charge in [0.2, 0.25) is 0 Å². The number of hydrogen-bond acceptors (Lipinski definition) is 6. The molecule has 0 aromatic carbocycles. The van der Waals surface area contributed by atoms with E-state index in [-0.39, 0.29) is 31.1 Å². The van der Waals surface area contributed by atoms with Crippen LogP contribution in [0.15, 0.2) is 60.8 Å². The Labute approximate surface area is 440 Å². The van der Waals surface area contributed by atoms with Gasteiger partial charge in [0.05, 0.1) is 0 Å². The van der Waals surface area contributed by atoms with Crippen molar-refractivity contribution in [2.24, 2.45) is 0 Å². The highest BCUT2D eigenvalue weighted by atomic mass is 16.6. The highest BCUT2D eigenvalue weighted by Crippen LogP contribution is 2.17. The lowest BCUT2D eigenvalue weighted by atomic mass is 10.0. The third-order valence-corrected chi connectivity index (χ3v) is 13.5. The average Bonchev–Trinajstić information content (AvgIpc) is 3.37. The van der Waals surface area contributed by atoms with Gasteiger partial charge < -0.3 is 14.2 Å². The molecule has 0 rings (SSSR count). The fourth-order valence-electron chi connectivity index (χ4n) is 8.94. The Morgan fingerprint density at radius 3 is 0.859 bits per heavy atom. The van der Waals surface area contributed by atoms with Crippen molar-refractivity contribution >= 4 is 17.9 Å². The molecule has 0 aliphatic rings. The standard InChI is InChI=1S/C65H116O6/c1-4-7-10-13-16-19-22-24-26-28-30-32-34-36-38-40-43-46-49-52-55-58-64(67)70-61-62(60-69-63(66)57-54-51-48-45-42-21-18-15-12-9-6-3)71-65(68)59-56-53-50-47-44-41-39-37-35-33-31-29-27-25-23-20-17-14-11-8-5-2/h7,10,16,19,24,26,30,32,36,38,62H,4-6,8-9,11-15,17-18,20-23,25,27-29,31,33-35,37,39-61H2,1-3H3/b10-7-,19-16-,26-24-,32-30-,38-36-. The summed E-state index contributed by atoms with van der Waals surface area (Å²) in [4.78, 5) is 38.2. The summed E-state index contributed by atoms with van der Waals surface area (Å²) in [6, 6.07) is 0. The maximum atomic E-state index is 12.9. The predicted molar refractivity (Wildman–Crippen MR) is 307 cm³/mol. The summed E-state index contributed by atoms with van der Waals surface area (Å²) in [5.41, 5.74) is 0. The Morgan fingerprint density at radius 1 is 0.296 bits per heavy atom. The van der Waals surface area contributed by atoms with E-state index in [1.54, 1.807) is 0 Å². The number of allylic oxidation sites excluding steroid dienone is 10. The SMILES string of the molecule is CC/C=C\C/C=C\C/C=C\C/C=C\C/C=C\CCCCCCCC(=O)OCC(COC(=O)CCCCCCCCCCCCC)OC(=O)CCCCCCCCCCCCCCCCCCCCCCC. The van der Waals surface area contributed by atoms with Crippen molar-refractivity contribution < 1.29 is 28.6 Å². The molecule has 0 radical (unpaired) electrons. The van der Waals surface area contributed by atoms with Gasteiger partial charge in [-0.1, -0.05) is 293 Å². The van der Waals surface area contributed by atoms with Gasteiger partial charge in [0.25, 0.3) is 0 Å². The Morgan fingerprint density at radius 2 is 0.549 bits per heavy atom. The van der Waals surface area contributed by atoms with E-state index >= 15 is 0 Å². The fourth-order valence-corrected chi connectivity index (χ4v) is 8.94. The van der Waals surface area contributed by atoms with E-state index in [0.717, 1.165) is 109 Å². The van der Waals surface area contributed by atoms with Gasteiger partial charge in [-0.3, -0.25) is 14.4 Å². The molecule has 6 nitrogen and oxygen atoms in total. The molecule has 0 bridgehead atoms. The monoisotopic (exact) mass is 993 g/mol. The van der Waals surface area contributed by atoms with Crippen LogP contribution < -0.4 is 0 Å². The first-order valence-electron chi connectivity index (χ1n) is 30.8. The van der Waals surface area contributed by atoms with E-state index in [0.29, 0.717) is 19.3 Å². The summed E-state index contributed by atoms with van der Waals surface area (Å²) in [6.07, 6.45) is 75.1. The highest BCUT2D eigenvalue weighted by Gasteiger charge is 2.19. The van der Waals surface area contributed by atoms with Crippen LogP contribution in [-0.4, -0.2) is 37.2 Å². The third kappa shape index (κ3) is 57.9. The van der Waals surface area contributed by atoms with E-state index < -0.39 is 6.10 Å². The lowest BCUT2D eigenvalue weighted by molar-refractivity contribution is -0.167. The first-order chi connectivity index (χ1) is 35.0. The van der Waals surface area contributed by atoms with Crippen molar-refractivity contribution in [2.45, 2.75) is 322 Å². The van der Waals surface area contributed by atoms with Gasteiger partial charge in [-0.05, 0) is 64.2 Å². The number of carbonyl (C=O) groups excluding carboxylic acids is 3. The van der Waals surface area contributed by atoms with Crippen LogP contribution in [0.25, 0.3) is 0 Å². The van der Waals surface area contributed by atoms with Crippen LogP contribution in [0.3, 0.4) is 0 Å². The smallest absolute Gasteiger partial charge is 0.306 e. The first-order valence-corrected chi connectivity index (χ1v) is 30.8. The fraction of sp³-hybridized carbons (Fsp3) is 0.800. The Hall–Kier alpha value is -2.89. The third-order valence-electron chi connectivity index (χ3n) is 13.5. The topological polar surface area (TPSA) is 78.9 Å². The largest absolute Gasteiger partial charge is 0.462 e. The van der Waals surface area contributed by atoms with Crippen molar-refractivity contribution in [3.8, 4) is 0 Å². The molecule has 0 saturated heterocycles. The second-order valence-corrected chi connectivity index (χ2v) is 20.6. The van der Waals surface area contributed by atoms with Crippen molar-refractivity contribution in [1.82, 2.24) is 0 Å². The molecule has 1 unspecified atom stereocenters. The Balaban J connectivity index is 4.31. The molecule has 0 spiro atoms. The first kappa shape index (κ1) is 68.1. The minimum absolute atomic E-state index is 0.0763. The molecule has 1 atom stereocenters. The predicted octanol–water partition coefficient (Wildman–Crippen LogP) is 20.8. The molecule has 0 aliphatic carbocycles. The van der Waals surface area contributed by atoms with Crippen LogP contribution in [0.2, 0.25) is 0 Å². The molecular weight excluding hydrogens is 877 g/mol. The van der Waals surface area contributed by atoms with Gasteiger partial charge in [0.15, 0.2) is 6.10 Å². The van der Waals surface area contributed by atoms with Crippen LogP contribution in [-0.2, 0) is 28.6 Å². The molecule has 0 N–H and O–H groups in total. The molecule has 6 heteroatoms. The minimum atomic E-state index is -0.779. The second-order valence-electron chi connectivity index (χ2n) is 20.6. The molecule has 0 aromatic rings. The van der Waals surface area contributed by atoms with Crippen LogP contribution in [0, 0.1) is 0 Å². The van der Waals surface area contributed by atoms with E-state index in [9.17, 15) is 14.4 Å². The summed E-state index contributed by atoms with van der Waals surface area (Å²) in [5, 5.41) is 0. The van der Waals surface area contributed by atoms with Crippen molar-refractivity contribution in [3.63, 3.8) is 0 Å². The highest BCUT2D eigenvalue weighted by molar-refractivity contribution is 5.71. The molecule has 0 aliphatic heterocycles. The van der Waals surface area contributed by atoms with Crippen LogP contribution in [0.5, 0.6) is 0 Å². The number of ether oxygens (including phenoxy) is 3. The zero-order valence-electron chi connectivity index (χ0n) is 47.2. The number of unbranched alkanes of at least 4 members (excludes halogenated alkanes) is 35. The van der Waals surface area contributed by atoms with Crippen molar-refractivity contribution in [3.05, 3.63) is 60.8 Å². The summed E-state index contributed by atoms with van der Waals surface area (Å²) in [7, 11) is 0.